The summed E-state index contributed by atoms with van der Waals surface area (Å²) in [5.41, 5.74) is 0.994. The van der Waals surface area contributed by atoms with Crippen LogP contribution in [0.3, 0.4) is 0 Å². The summed E-state index contributed by atoms with van der Waals surface area (Å²) >= 11 is 3.34. The van der Waals surface area contributed by atoms with E-state index in [0.29, 0.717) is 19.8 Å². The summed E-state index contributed by atoms with van der Waals surface area (Å²) in [6.45, 7) is 2.57. The summed E-state index contributed by atoms with van der Waals surface area (Å²) in [7, 11) is 1.69. The van der Waals surface area contributed by atoms with E-state index in [1.807, 2.05) is 12.1 Å². The molecule has 5 heteroatoms. The zero-order valence-electron chi connectivity index (χ0n) is 10.0. The molecule has 0 radical (unpaired) electrons. The molecule has 1 aromatic heterocycles. The molecule has 0 fully saturated rings. The summed E-state index contributed by atoms with van der Waals surface area (Å²) < 4.78 is 15.8. The number of hydrogen-bond donors (Lipinski definition) is 0. The molecule has 0 spiro atoms. The number of rotatable bonds is 9. The first-order valence-corrected chi connectivity index (χ1v) is 6.69. The third kappa shape index (κ3) is 6.61. The molecule has 4 nitrogen and oxygen atoms in total. The molecule has 0 saturated carbocycles. The first-order chi connectivity index (χ1) is 8.36. The van der Waals surface area contributed by atoms with Crippen molar-refractivity contribution in [2.45, 2.75) is 11.8 Å². The molecule has 0 aliphatic carbocycles. The Balaban J connectivity index is 2.05. The van der Waals surface area contributed by atoms with E-state index in [0.717, 1.165) is 29.8 Å². The number of ether oxygens (including phenoxy) is 3. The van der Waals surface area contributed by atoms with Gasteiger partial charge in [0.2, 0.25) is 0 Å². The van der Waals surface area contributed by atoms with Crippen molar-refractivity contribution in [2.75, 3.05) is 33.5 Å². The monoisotopic (exact) mass is 303 g/mol. The minimum Gasteiger partial charge on any atom is -0.490 e. The van der Waals surface area contributed by atoms with Crippen molar-refractivity contribution in [2.24, 2.45) is 0 Å². The topological polar surface area (TPSA) is 40.6 Å². The summed E-state index contributed by atoms with van der Waals surface area (Å²) in [5.74, 6) is 0.773. The zero-order valence-corrected chi connectivity index (χ0v) is 11.6. The van der Waals surface area contributed by atoms with E-state index in [9.17, 15) is 0 Å². The van der Waals surface area contributed by atoms with Crippen LogP contribution in [0.1, 0.15) is 12.1 Å². The molecule has 0 unspecified atom stereocenters. The second-order valence-corrected chi connectivity index (χ2v) is 3.99. The molecule has 0 aliphatic rings. The van der Waals surface area contributed by atoms with Crippen LogP contribution in [0.4, 0.5) is 0 Å². The maximum absolute atomic E-state index is 5.48. The highest BCUT2D eigenvalue weighted by atomic mass is 79.9. The number of hydrogen-bond acceptors (Lipinski definition) is 4. The summed E-state index contributed by atoms with van der Waals surface area (Å²) in [4.78, 5) is 4.21. The van der Waals surface area contributed by atoms with Crippen molar-refractivity contribution in [3.05, 3.63) is 24.0 Å². The molecular weight excluding hydrogens is 286 g/mol. The van der Waals surface area contributed by atoms with Gasteiger partial charge in [0, 0.05) is 25.7 Å². The molecule has 0 amide bonds. The largest absolute Gasteiger partial charge is 0.490 e. The molecule has 0 aromatic carbocycles. The van der Waals surface area contributed by atoms with Crippen LogP contribution < -0.4 is 4.74 Å². The van der Waals surface area contributed by atoms with Gasteiger partial charge in [-0.15, -0.1) is 0 Å². The molecule has 0 saturated heterocycles. The van der Waals surface area contributed by atoms with Crippen molar-refractivity contribution >= 4 is 15.9 Å². The quantitative estimate of drug-likeness (QED) is 0.519. The molecular formula is C12H18BrNO3. The predicted molar refractivity (Wildman–Crippen MR) is 69.7 cm³/mol. The summed E-state index contributed by atoms with van der Waals surface area (Å²) in [5, 5.41) is 0.760. The average Bonchev–Trinajstić information content (AvgIpc) is 2.38. The third-order valence-corrected chi connectivity index (χ3v) is 2.64. The molecule has 0 atom stereocenters. The number of alkyl halides is 1. The van der Waals surface area contributed by atoms with Crippen LogP contribution in [-0.2, 0) is 14.8 Å². The van der Waals surface area contributed by atoms with E-state index < -0.39 is 0 Å². The van der Waals surface area contributed by atoms with Gasteiger partial charge in [-0.25, -0.2) is 0 Å². The standard InChI is InChI=1S/C12H18BrNO3/c1-15-5-2-6-16-7-8-17-12-4-3-11(9-13)14-10-12/h3-4,10H,2,5-9H2,1H3. The normalized spacial score (nSPS) is 10.5. The number of nitrogens with zero attached hydrogens (tertiary/aromatic N) is 1. The highest BCUT2D eigenvalue weighted by molar-refractivity contribution is 9.08. The summed E-state index contributed by atoms with van der Waals surface area (Å²) in [6, 6.07) is 3.85. The fourth-order valence-electron chi connectivity index (χ4n) is 1.20. The zero-order chi connectivity index (χ0) is 12.3. The van der Waals surface area contributed by atoms with Gasteiger partial charge in [0.1, 0.15) is 12.4 Å². The Morgan fingerprint density at radius 3 is 2.71 bits per heavy atom. The van der Waals surface area contributed by atoms with Crippen molar-refractivity contribution in [3.63, 3.8) is 0 Å². The van der Waals surface area contributed by atoms with E-state index >= 15 is 0 Å². The van der Waals surface area contributed by atoms with Crippen LogP contribution in [0.5, 0.6) is 5.75 Å². The number of methoxy groups -OCH3 is 1. The predicted octanol–water partition coefficient (Wildman–Crippen LogP) is 2.41. The van der Waals surface area contributed by atoms with Gasteiger partial charge in [-0.3, -0.25) is 4.98 Å². The lowest BCUT2D eigenvalue weighted by Crippen LogP contribution is -2.08. The lowest BCUT2D eigenvalue weighted by molar-refractivity contribution is 0.0805. The van der Waals surface area contributed by atoms with Crippen LogP contribution in [0.15, 0.2) is 18.3 Å². The van der Waals surface area contributed by atoms with Gasteiger partial charge in [-0.1, -0.05) is 15.9 Å². The van der Waals surface area contributed by atoms with Gasteiger partial charge in [-0.05, 0) is 18.6 Å². The van der Waals surface area contributed by atoms with Crippen LogP contribution in [0.2, 0.25) is 0 Å². The molecule has 1 rings (SSSR count). The van der Waals surface area contributed by atoms with Crippen LogP contribution >= 0.6 is 15.9 Å². The smallest absolute Gasteiger partial charge is 0.137 e. The Morgan fingerprint density at radius 1 is 1.18 bits per heavy atom. The maximum atomic E-state index is 5.48. The van der Waals surface area contributed by atoms with Crippen molar-refractivity contribution < 1.29 is 14.2 Å². The van der Waals surface area contributed by atoms with Crippen molar-refractivity contribution in [1.82, 2.24) is 4.98 Å². The number of halogens is 1. The third-order valence-electron chi connectivity index (χ3n) is 2.07. The minimum absolute atomic E-state index is 0.544. The van der Waals surface area contributed by atoms with Crippen LogP contribution in [0, 0.1) is 0 Å². The fraction of sp³-hybridized carbons (Fsp3) is 0.583. The molecule has 17 heavy (non-hydrogen) atoms. The van der Waals surface area contributed by atoms with Crippen LogP contribution in [0.25, 0.3) is 0 Å². The Morgan fingerprint density at radius 2 is 2.06 bits per heavy atom. The van der Waals surface area contributed by atoms with Gasteiger partial charge in [-0.2, -0.15) is 0 Å². The van der Waals surface area contributed by atoms with Gasteiger partial charge in [0.25, 0.3) is 0 Å². The van der Waals surface area contributed by atoms with Crippen molar-refractivity contribution in [1.29, 1.82) is 0 Å². The van der Waals surface area contributed by atoms with E-state index in [1.54, 1.807) is 13.3 Å². The molecule has 96 valence electrons. The molecule has 0 N–H and O–H groups in total. The first-order valence-electron chi connectivity index (χ1n) is 5.57. The Hall–Kier alpha value is -0.650. The second kappa shape index (κ2) is 9.39. The van der Waals surface area contributed by atoms with Gasteiger partial charge in [0.15, 0.2) is 0 Å². The highest BCUT2D eigenvalue weighted by Gasteiger charge is 1.96. The minimum atomic E-state index is 0.544. The van der Waals surface area contributed by atoms with E-state index in [-0.39, 0.29) is 0 Å². The lowest BCUT2D eigenvalue weighted by Gasteiger charge is -2.07. The summed E-state index contributed by atoms with van der Waals surface area (Å²) in [6.07, 6.45) is 2.64. The Bertz CT molecular complexity index is 292. The average molecular weight is 304 g/mol. The molecule has 1 heterocycles. The number of aromatic nitrogens is 1. The van der Waals surface area contributed by atoms with Gasteiger partial charge >= 0.3 is 0 Å². The number of pyridine rings is 1. The molecule has 0 bridgehead atoms. The maximum Gasteiger partial charge on any atom is 0.137 e. The van der Waals surface area contributed by atoms with Crippen LogP contribution in [-0.4, -0.2) is 38.5 Å². The van der Waals surface area contributed by atoms with E-state index in [2.05, 4.69) is 20.9 Å². The molecule has 1 aromatic rings. The lowest BCUT2D eigenvalue weighted by atomic mass is 10.4. The van der Waals surface area contributed by atoms with E-state index in [4.69, 9.17) is 14.2 Å². The van der Waals surface area contributed by atoms with E-state index in [1.165, 1.54) is 0 Å². The van der Waals surface area contributed by atoms with Gasteiger partial charge in [0.05, 0.1) is 18.5 Å². The van der Waals surface area contributed by atoms with Gasteiger partial charge < -0.3 is 14.2 Å². The second-order valence-electron chi connectivity index (χ2n) is 3.43. The highest BCUT2D eigenvalue weighted by Crippen LogP contribution is 2.10. The SMILES string of the molecule is COCCCOCCOc1ccc(CBr)nc1. The Kier molecular flexibility index (Phi) is 7.96. The fourth-order valence-corrected chi connectivity index (χ4v) is 1.53. The Labute approximate surface area is 110 Å². The first kappa shape index (κ1) is 14.4. The molecule has 0 aliphatic heterocycles. The van der Waals surface area contributed by atoms with Crippen molar-refractivity contribution in [3.8, 4) is 5.75 Å².